The minimum Gasteiger partial charge on any atom is -0.493 e. The highest BCUT2D eigenvalue weighted by Crippen LogP contribution is 2.23. The van der Waals surface area contributed by atoms with Gasteiger partial charge < -0.3 is 18.9 Å². The van der Waals surface area contributed by atoms with Crippen LogP contribution < -0.4 is 9.47 Å². The van der Waals surface area contributed by atoms with Crippen LogP contribution in [0.3, 0.4) is 0 Å². The van der Waals surface area contributed by atoms with Crippen LogP contribution in [0.2, 0.25) is 0 Å². The summed E-state index contributed by atoms with van der Waals surface area (Å²) in [5, 5.41) is 2.08. The van der Waals surface area contributed by atoms with E-state index < -0.39 is 11.9 Å². The zero-order valence-corrected chi connectivity index (χ0v) is 26.2. The molecule has 0 unspecified atom stereocenters. The van der Waals surface area contributed by atoms with Crippen LogP contribution in [0.5, 0.6) is 11.5 Å². The molecule has 0 spiro atoms. The van der Waals surface area contributed by atoms with E-state index in [0.29, 0.717) is 26.1 Å². The number of ether oxygens (including phenoxy) is 4. The SMILES string of the molecule is C=CC(=O)OCCCOc1ccc(C#Cc2ccc(C#Cc3ccc(OCCCOC(=O)C=C)cc3C)c3ccccc23)c(C)c1. The molecule has 0 atom stereocenters. The maximum atomic E-state index is 11.1. The lowest BCUT2D eigenvalue weighted by atomic mass is 9.99. The first kappa shape index (κ1) is 33.2. The smallest absolute Gasteiger partial charge is 0.330 e. The molecule has 46 heavy (non-hydrogen) atoms. The van der Waals surface area contributed by atoms with E-state index in [1.54, 1.807) is 0 Å². The van der Waals surface area contributed by atoms with Crippen molar-refractivity contribution in [1.82, 2.24) is 0 Å². The van der Waals surface area contributed by atoms with Crippen molar-refractivity contribution in [1.29, 1.82) is 0 Å². The molecule has 0 amide bonds. The summed E-state index contributed by atoms with van der Waals surface area (Å²) in [6.45, 7) is 12.2. The van der Waals surface area contributed by atoms with E-state index in [1.807, 2.05) is 74.5 Å². The third-order valence-electron chi connectivity index (χ3n) is 6.92. The Kier molecular flexibility index (Phi) is 12.2. The molecule has 0 fully saturated rings. The van der Waals surface area contributed by atoms with Crippen LogP contribution >= 0.6 is 0 Å². The molecule has 4 aromatic rings. The van der Waals surface area contributed by atoms with E-state index in [9.17, 15) is 9.59 Å². The molecule has 0 aliphatic carbocycles. The maximum Gasteiger partial charge on any atom is 0.330 e. The van der Waals surface area contributed by atoms with Crippen molar-refractivity contribution in [2.24, 2.45) is 0 Å². The Bertz CT molecular complexity index is 1730. The molecule has 6 nitrogen and oxygen atoms in total. The predicted octanol–water partition coefficient (Wildman–Crippen LogP) is 7.25. The molecule has 0 bridgehead atoms. The molecule has 0 saturated carbocycles. The lowest BCUT2D eigenvalue weighted by Crippen LogP contribution is -2.06. The minimum atomic E-state index is -0.433. The van der Waals surface area contributed by atoms with E-state index in [4.69, 9.17) is 18.9 Å². The Morgan fingerprint density at radius 3 is 1.37 bits per heavy atom. The fourth-order valence-electron chi connectivity index (χ4n) is 4.48. The van der Waals surface area contributed by atoms with Gasteiger partial charge in [-0.1, -0.05) is 61.1 Å². The fourth-order valence-corrected chi connectivity index (χ4v) is 4.48. The summed E-state index contributed by atoms with van der Waals surface area (Å²) in [7, 11) is 0. The van der Waals surface area contributed by atoms with Gasteiger partial charge in [0.2, 0.25) is 0 Å². The van der Waals surface area contributed by atoms with Gasteiger partial charge in [0.1, 0.15) is 11.5 Å². The van der Waals surface area contributed by atoms with Gasteiger partial charge in [0.05, 0.1) is 26.4 Å². The molecule has 0 aliphatic heterocycles. The number of fused-ring (bicyclic) bond motifs is 1. The number of carbonyl (C=O) groups excluding carboxylic acids is 2. The van der Waals surface area contributed by atoms with Gasteiger partial charge in [-0.2, -0.15) is 0 Å². The molecule has 0 radical (unpaired) electrons. The van der Waals surface area contributed by atoms with Crippen molar-refractivity contribution in [2.75, 3.05) is 26.4 Å². The lowest BCUT2D eigenvalue weighted by Gasteiger charge is -2.08. The van der Waals surface area contributed by atoms with Gasteiger partial charge in [-0.15, -0.1) is 0 Å². The molecule has 0 aliphatic rings. The third kappa shape index (κ3) is 9.64. The van der Waals surface area contributed by atoms with Crippen molar-refractivity contribution in [3.63, 3.8) is 0 Å². The van der Waals surface area contributed by atoms with Crippen molar-refractivity contribution < 1.29 is 28.5 Å². The van der Waals surface area contributed by atoms with Crippen molar-refractivity contribution in [2.45, 2.75) is 26.7 Å². The van der Waals surface area contributed by atoms with E-state index in [1.165, 1.54) is 0 Å². The summed E-state index contributed by atoms with van der Waals surface area (Å²) >= 11 is 0. The molecule has 4 aromatic carbocycles. The van der Waals surface area contributed by atoms with Crippen LogP contribution in [0, 0.1) is 37.5 Å². The van der Waals surface area contributed by atoms with Gasteiger partial charge in [-0.25, -0.2) is 9.59 Å². The highest BCUT2D eigenvalue weighted by Gasteiger charge is 2.05. The van der Waals surface area contributed by atoms with E-state index in [2.05, 4.69) is 49.0 Å². The van der Waals surface area contributed by atoms with E-state index in [-0.39, 0.29) is 13.2 Å². The standard InChI is InChI=1S/C40H36O6/c1-5-39(41)45-25-9-23-43-35-21-19-31(29(3)27-35)13-15-33-17-18-34(38-12-8-7-11-37(33)38)16-14-32-20-22-36(28-30(32)4)44-24-10-26-46-40(42)6-2/h5-8,11-12,17-22,27-28H,1-2,9-10,23-26H2,3-4H3. The van der Waals surface area contributed by atoms with Crippen LogP contribution in [0.1, 0.15) is 46.2 Å². The van der Waals surface area contributed by atoms with Crippen LogP contribution in [-0.4, -0.2) is 38.4 Å². The van der Waals surface area contributed by atoms with E-state index >= 15 is 0 Å². The molecule has 4 rings (SSSR count). The zero-order valence-electron chi connectivity index (χ0n) is 26.2. The van der Waals surface area contributed by atoms with Crippen LogP contribution in [0.25, 0.3) is 10.8 Å². The molecule has 0 N–H and O–H groups in total. The summed E-state index contributed by atoms with van der Waals surface area (Å²) < 4.78 is 21.5. The normalized spacial score (nSPS) is 10.0. The highest BCUT2D eigenvalue weighted by molar-refractivity contribution is 5.93. The van der Waals surface area contributed by atoms with Crippen molar-refractivity contribution >= 4 is 22.7 Å². The fraction of sp³-hybridized carbons (Fsp3) is 0.200. The monoisotopic (exact) mass is 612 g/mol. The van der Waals surface area contributed by atoms with Gasteiger partial charge in [-0.3, -0.25) is 0 Å². The highest BCUT2D eigenvalue weighted by atomic mass is 16.5. The predicted molar refractivity (Wildman–Crippen MR) is 181 cm³/mol. The van der Waals surface area contributed by atoms with Gasteiger partial charge in [0.15, 0.2) is 0 Å². The molecule has 232 valence electrons. The van der Waals surface area contributed by atoms with Crippen LogP contribution in [-0.2, 0) is 19.1 Å². The van der Waals surface area contributed by atoms with Crippen LogP contribution in [0.15, 0.2) is 98.1 Å². The molecule has 6 heteroatoms. The third-order valence-corrected chi connectivity index (χ3v) is 6.92. The quantitative estimate of drug-likeness (QED) is 0.0727. The Balaban J connectivity index is 1.42. The number of benzene rings is 4. The average Bonchev–Trinajstić information content (AvgIpc) is 3.07. The summed E-state index contributed by atoms with van der Waals surface area (Å²) in [6, 6.07) is 23.8. The second-order valence-corrected chi connectivity index (χ2v) is 10.3. The largest absolute Gasteiger partial charge is 0.493 e. The summed E-state index contributed by atoms with van der Waals surface area (Å²) in [5.74, 6) is 14.0. The number of rotatable bonds is 12. The minimum absolute atomic E-state index is 0.286. The Morgan fingerprint density at radius 1 is 0.587 bits per heavy atom. The van der Waals surface area contributed by atoms with E-state index in [0.717, 1.165) is 67.8 Å². The molecule has 0 aromatic heterocycles. The second-order valence-electron chi connectivity index (χ2n) is 10.3. The Morgan fingerprint density at radius 2 is 0.978 bits per heavy atom. The number of carbonyl (C=O) groups is 2. The summed E-state index contributed by atoms with van der Waals surface area (Å²) in [5.41, 5.74) is 5.70. The number of hydrogen-bond donors (Lipinski definition) is 0. The summed E-state index contributed by atoms with van der Waals surface area (Å²) in [4.78, 5) is 22.3. The van der Waals surface area contributed by atoms with Gasteiger partial charge in [0.25, 0.3) is 0 Å². The lowest BCUT2D eigenvalue weighted by molar-refractivity contribution is -0.138. The first-order valence-electron chi connectivity index (χ1n) is 15.0. The average molecular weight is 613 g/mol. The number of esters is 2. The molecule has 0 heterocycles. The van der Waals surface area contributed by atoms with Gasteiger partial charge in [0, 0.05) is 47.2 Å². The first-order chi connectivity index (χ1) is 22.4. The van der Waals surface area contributed by atoms with Crippen molar-refractivity contribution in [3.8, 4) is 35.2 Å². The maximum absolute atomic E-state index is 11.1. The van der Waals surface area contributed by atoms with Gasteiger partial charge >= 0.3 is 11.9 Å². The molecular formula is C40H36O6. The first-order valence-corrected chi connectivity index (χ1v) is 15.0. The molecular weight excluding hydrogens is 576 g/mol. The second kappa shape index (κ2) is 16.9. The number of aryl methyl sites for hydroxylation is 2. The van der Waals surface area contributed by atoms with Crippen molar-refractivity contribution in [3.05, 3.63) is 131 Å². The zero-order chi connectivity index (χ0) is 32.7. The van der Waals surface area contributed by atoms with Crippen LogP contribution in [0.4, 0.5) is 0 Å². The molecule has 0 saturated heterocycles. The Hall–Kier alpha value is -5.72. The number of hydrogen-bond acceptors (Lipinski definition) is 6. The summed E-state index contributed by atoms with van der Waals surface area (Å²) in [6.07, 6.45) is 3.48. The Labute approximate surface area is 270 Å². The topological polar surface area (TPSA) is 71.1 Å². The van der Waals surface area contributed by atoms with Gasteiger partial charge in [-0.05, 0) is 84.3 Å².